The van der Waals surface area contributed by atoms with Gasteiger partial charge in [0.2, 0.25) is 0 Å². The van der Waals surface area contributed by atoms with E-state index in [2.05, 4.69) is 31.3 Å². The fourth-order valence-electron chi connectivity index (χ4n) is 3.47. The van der Waals surface area contributed by atoms with E-state index in [9.17, 15) is 0 Å². The Labute approximate surface area is 134 Å². The summed E-state index contributed by atoms with van der Waals surface area (Å²) in [5.74, 6) is 0.576. The van der Waals surface area contributed by atoms with Gasteiger partial charge in [0, 0.05) is 19.0 Å². The molecule has 1 saturated carbocycles. The molecule has 0 saturated heterocycles. The monoisotopic (exact) mass is 295 g/mol. The average Bonchev–Trinajstić information content (AvgIpc) is 2.55. The summed E-state index contributed by atoms with van der Waals surface area (Å²) in [5, 5.41) is 21.5. The van der Waals surface area contributed by atoms with E-state index in [-0.39, 0.29) is 5.41 Å². The Hall–Kier alpha value is -1.84. The molecule has 1 aliphatic carbocycles. The largest absolute Gasteiger partial charge is 0.310 e. The van der Waals surface area contributed by atoms with E-state index >= 15 is 0 Å². The summed E-state index contributed by atoms with van der Waals surface area (Å²) in [4.78, 5) is 0. The molecule has 1 fully saturated rings. The Morgan fingerprint density at radius 2 is 1.82 bits per heavy atom. The maximum Gasteiger partial charge on any atom is 0.0991 e. The van der Waals surface area contributed by atoms with Crippen molar-refractivity contribution in [1.82, 2.24) is 5.32 Å². The zero-order valence-corrected chi connectivity index (χ0v) is 13.6. The van der Waals surface area contributed by atoms with Gasteiger partial charge < -0.3 is 5.32 Å². The first kappa shape index (κ1) is 16.5. The van der Waals surface area contributed by atoms with Gasteiger partial charge in [-0.25, -0.2) is 0 Å². The molecule has 3 nitrogen and oxygen atoms in total. The van der Waals surface area contributed by atoms with Crippen LogP contribution in [0.2, 0.25) is 0 Å². The predicted molar refractivity (Wildman–Crippen MR) is 87.8 cm³/mol. The highest BCUT2D eigenvalue weighted by molar-refractivity contribution is 5.31. The molecule has 1 aromatic rings. The van der Waals surface area contributed by atoms with Crippen LogP contribution in [0.5, 0.6) is 0 Å². The quantitative estimate of drug-likeness (QED) is 0.887. The van der Waals surface area contributed by atoms with Crippen molar-refractivity contribution in [2.75, 3.05) is 0 Å². The molecule has 0 unspecified atom stereocenters. The Kier molecular flexibility index (Phi) is 5.58. The first-order valence-electron chi connectivity index (χ1n) is 8.19. The van der Waals surface area contributed by atoms with Crippen LogP contribution in [0.25, 0.3) is 0 Å². The van der Waals surface area contributed by atoms with Crippen LogP contribution >= 0.6 is 0 Å². The average molecular weight is 295 g/mol. The SMILES string of the molecule is CC(C)[C@]1(CC#N)CC[C@H](NCc2ccc(C#N)cc2)CC1. The van der Waals surface area contributed by atoms with E-state index in [4.69, 9.17) is 10.5 Å². The smallest absolute Gasteiger partial charge is 0.0991 e. The summed E-state index contributed by atoms with van der Waals surface area (Å²) in [6.07, 6.45) is 5.27. The maximum absolute atomic E-state index is 9.10. The lowest BCUT2D eigenvalue weighted by Crippen LogP contribution is -2.39. The highest BCUT2D eigenvalue weighted by atomic mass is 14.9. The van der Waals surface area contributed by atoms with Crippen LogP contribution < -0.4 is 5.32 Å². The molecule has 1 aliphatic rings. The van der Waals surface area contributed by atoms with Crippen molar-refractivity contribution in [3.05, 3.63) is 35.4 Å². The van der Waals surface area contributed by atoms with Crippen LogP contribution in [0.4, 0.5) is 0 Å². The lowest BCUT2D eigenvalue weighted by Gasteiger charge is -2.42. The van der Waals surface area contributed by atoms with Gasteiger partial charge in [-0.05, 0) is 54.7 Å². The predicted octanol–water partition coefficient (Wildman–Crippen LogP) is 4.15. The highest BCUT2D eigenvalue weighted by Gasteiger charge is 2.37. The van der Waals surface area contributed by atoms with Gasteiger partial charge in [0.1, 0.15) is 0 Å². The van der Waals surface area contributed by atoms with Crippen molar-refractivity contribution in [2.24, 2.45) is 11.3 Å². The van der Waals surface area contributed by atoms with Crippen LogP contribution in [-0.4, -0.2) is 6.04 Å². The number of nitrogens with zero attached hydrogens (tertiary/aromatic N) is 2. The Morgan fingerprint density at radius 3 is 2.32 bits per heavy atom. The fraction of sp³-hybridized carbons (Fsp3) is 0.579. The molecular weight excluding hydrogens is 270 g/mol. The van der Waals surface area contributed by atoms with Gasteiger partial charge in [0.15, 0.2) is 0 Å². The molecule has 2 rings (SSSR count). The standard InChI is InChI=1S/C19H25N3/c1-15(2)19(11-12-20)9-7-18(8-10-19)22-14-17-5-3-16(13-21)4-6-17/h3-6,15,18,22H,7-11,14H2,1-2H3/t18-,19+. The second-order valence-electron chi connectivity index (χ2n) is 6.82. The number of nitriles is 2. The molecule has 0 amide bonds. The van der Waals surface area contributed by atoms with Crippen molar-refractivity contribution in [3.63, 3.8) is 0 Å². The molecule has 0 aromatic heterocycles. The van der Waals surface area contributed by atoms with Crippen LogP contribution in [0.1, 0.15) is 57.1 Å². The summed E-state index contributed by atoms with van der Waals surface area (Å²) in [7, 11) is 0. The molecule has 0 heterocycles. The topological polar surface area (TPSA) is 59.6 Å². The van der Waals surface area contributed by atoms with Crippen molar-refractivity contribution >= 4 is 0 Å². The minimum atomic E-state index is 0.224. The van der Waals surface area contributed by atoms with E-state index in [1.165, 1.54) is 5.56 Å². The molecule has 1 aromatic carbocycles. The van der Waals surface area contributed by atoms with Gasteiger partial charge in [-0.3, -0.25) is 0 Å². The number of hydrogen-bond donors (Lipinski definition) is 1. The zero-order chi connectivity index (χ0) is 16.0. The molecule has 0 spiro atoms. The Morgan fingerprint density at radius 1 is 1.18 bits per heavy atom. The first-order valence-corrected chi connectivity index (χ1v) is 8.19. The van der Waals surface area contributed by atoms with Gasteiger partial charge in [-0.15, -0.1) is 0 Å². The molecule has 1 N–H and O–H groups in total. The zero-order valence-electron chi connectivity index (χ0n) is 13.6. The molecular formula is C19H25N3. The molecule has 0 aliphatic heterocycles. The number of nitrogens with one attached hydrogen (secondary N) is 1. The summed E-state index contributed by atoms with van der Waals surface area (Å²) in [5.41, 5.74) is 2.15. The first-order chi connectivity index (χ1) is 10.6. The van der Waals surface area contributed by atoms with E-state index < -0.39 is 0 Å². The van der Waals surface area contributed by atoms with Crippen LogP contribution in [-0.2, 0) is 6.54 Å². The normalized spacial score (nSPS) is 24.7. The van der Waals surface area contributed by atoms with Gasteiger partial charge in [0.05, 0.1) is 17.7 Å². The number of benzene rings is 1. The van der Waals surface area contributed by atoms with E-state index in [1.54, 1.807) is 0 Å². The van der Waals surface area contributed by atoms with Crippen molar-refractivity contribution < 1.29 is 0 Å². The van der Waals surface area contributed by atoms with Gasteiger partial charge in [0.25, 0.3) is 0 Å². The third-order valence-electron chi connectivity index (χ3n) is 5.32. The van der Waals surface area contributed by atoms with E-state index in [1.807, 2.05) is 24.3 Å². The van der Waals surface area contributed by atoms with Crippen molar-refractivity contribution in [3.8, 4) is 12.1 Å². The molecule has 0 atom stereocenters. The summed E-state index contributed by atoms with van der Waals surface area (Å²) >= 11 is 0. The minimum Gasteiger partial charge on any atom is -0.310 e. The van der Waals surface area contributed by atoms with Crippen molar-refractivity contribution in [1.29, 1.82) is 10.5 Å². The second kappa shape index (κ2) is 7.43. The lowest BCUT2D eigenvalue weighted by atomic mass is 9.64. The molecule has 0 radical (unpaired) electrons. The third kappa shape index (κ3) is 3.87. The lowest BCUT2D eigenvalue weighted by molar-refractivity contribution is 0.105. The third-order valence-corrected chi connectivity index (χ3v) is 5.32. The van der Waals surface area contributed by atoms with Crippen LogP contribution in [0.15, 0.2) is 24.3 Å². The maximum atomic E-state index is 9.10. The van der Waals surface area contributed by atoms with Crippen molar-refractivity contribution in [2.45, 2.75) is 58.5 Å². The molecule has 116 valence electrons. The molecule has 22 heavy (non-hydrogen) atoms. The number of hydrogen-bond acceptors (Lipinski definition) is 3. The van der Waals surface area contributed by atoms with Crippen LogP contribution in [0, 0.1) is 34.0 Å². The van der Waals surface area contributed by atoms with Gasteiger partial charge in [-0.1, -0.05) is 26.0 Å². The summed E-state index contributed by atoms with van der Waals surface area (Å²) < 4.78 is 0. The van der Waals surface area contributed by atoms with Gasteiger partial charge in [-0.2, -0.15) is 10.5 Å². The number of rotatable bonds is 5. The minimum absolute atomic E-state index is 0.224. The second-order valence-corrected chi connectivity index (χ2v) is 6.82. The Balaban J connectivity index is 1.84. The summed E-state index contributed by atoms with van der Waals surface area (Å²) in [6, 6.07) is 12.9. The molecule has 3 heteroatoms. The fourth-order valence-corrected chi connectivity index (χ4v) is 3.47. The van der Waals surface area contributed by atoms with Gasteiger partial charge >= 0.3 is 0 Å². The Bertz CT molecular complexity index is 552. The van der Waals surface area contributed by atoms with E-state index in [0.717, 1.165) is 32.2 Å². The summed E-state index contributed by atoms with van der Waals surface area (Å²) in [6.45, 7) is 5.35. The van der Waals surface area contributed by atoms with Crippen LogP contribution in [0.3, 0.4) is 0 Å². The van der Waals surface area contributed by atoms with E-state index in [0.29, 0.717) is 23.9 Å². The highest BCUT2D eigenvalue weighted by Crippen LogP contribution is 2.45. The molecule has 0 bridgehead atoms.